The van der Waals surface area contributed by atoms with Crippen molar-refractivity contribution < 1.29 is 8.42 Å². The second kappa shape index (κ2) is 4.77. The van der Waals surface area contributed by atoms with Gasteiger partial charge in [-0.3, -0.25) is 9.82 Å². The molecule has 0 saturated heterocycles. The van der Waals surface area contributed by atoms with Crippen LogP contribution in [-0.4, -0.2) is 32.2 Å². The quantitative estimate of drug-likeness (QED) is 0.906. The Labute approximate surface area is 124 Å². The highest BCUT2D eigenvalue weighted by atomic mass is 32.2. The van der Waals surface area contributed by atoms with E-state index in [9.17, 15) is 8.42 Å². The zero-order valence-electron chi connectivity index (χ0n) is 12.3. The van der Waals surface area contributed by atoms with Crippen LogP contribution in [0.5, 0.6) is 0 Å². The standard InChI is InChI=1S/C14H18N4O2S/c1-9-14(10(2)16-15-9)21(19,20)17-12-5-4-11-6-7-18(3)13(11)8-12/h4-5,8,17H,6-7H2,1-3H3,(H,15,16). The molecule has 1 aliphatic rings. The fourth-order valence-electron chi connectivity index (χ4n) is 2.75. The number of aromatic amines is 1. The van der Waals surface area contributed by atoms with Gasteiger partial charge in [-0.05, 0) is 38.0 Å². The van der Waals surface area contributed by atoms with Crippen LogP contribution < -0.4 is 9.62 Å². The van der Waals surface area contributed by atoms with Crippen LogP contribution in [0.2, 0.25) is 0 Å². The third kappa shape index (κ3) is 2.37. The number of rotatable bonds is 3. The second-order valence-electron chi connectivity index (χ2n) is 5.38. The Kier molecular flexibility index (Phi) is 3.16. The summed E-state index contributed by atoms with van der Waals surface area (Å²) in [5.41, 5.74) is 3.91. The Balaban J connectivity index is 1.95. The Bertz CT molecular complexity index is 776. The summed E-state index contributed by atoms with van der Waals surface area (Å²) in [6.07, 6.45) is 0.999. The number of anilines is 2. The summed E-state index contributed by atoms with van der Waals surface area (Å²) in [7, 11) is -1.62. The van der Waals surface area contributed by atoms with E-state index in [1.807, 2.05) is 19.2 Å². The van der Waals surface area contributed by atoms with Crippen molar-refractivity contribution in [3.05, 3.63) is 35.2 Å². The first-order chi connectivity index (χ1) is 9.88. The van der Waals surface area contributed by atoms with Crippen LogP contribution in [0.4, 0.5) is 11.4 Å². The van der Waals surface area contributed by atoms with E-state index in [1.165, 1.54) is 5.56 Å². The molecule has 0 unspecified atom stereocenters. The molecule has 2 N–H and O–H groups in total. The predicted octanol–water partition coefficient (Wildman–Crippen LogP) is 1.82. The minimum atomic E-state index is -3.63. The molecule has 0 amide bonds. The minimum Gasteiger partial charge on any atom is -0.374 e. The summed E-state index contributed by atoms with van der Waals surface area (Å²) in [6, 6.07) is 5.66. The van der Waals surface area contributed by atoms with Crippen molar-refractivity contribution in [2.75, 3.05) is 23.2 Å². The number of aryl methyl sites for hydroxylation is 2. The van der Waals surface area contributed by atoms with E-state index in [4.69, 9.17) is 0 Å². The molecule has 7 heteroatoms. The van der Waals surface area contributed by atoms with Gasteiger partial charge in [0.2, 0.25) is 0 Å². The van der Waals surface area contributed by atoms with Crippen molar-refractivity contribution in [1.29, 1.82) is 0 Å². The van der Waals surface area contributed by atoms with Gasteiger partial charge in [-0.2, -0.15) is 5.10 Å². The molecule has 0 saturated carbocycles. The molecule has 0 spiro atoms. The highest BCUT2D eigenvalue weighted by Crippen LogP contribution is 2.30. The molecule has 0 bridgehead atoms. The van der Waals surface area contributed by atoms with E-state index in [-0.39, 0.29) is 4.90 Å². The summed E-state index contributed by atoms with van der Waals surface area (Å²) in [4.78, 5) is 2.35. The lowest BCUT2D eigenvalue weighted by atomic mass is 10.1. The summed E-state index contributed by atoms with van der Waals surface area (Å²) in [5, 5.41) is 6.64. The molecule has 2 aromatic rings. The van der Waals surface area contributed by atoms with E-state index >= 15 is 0 Å². The summed E-state index contributed by atoms with van der Waals surface area (Å²) < 4.78 is 27.6. The van der Waals surface area contributed by atoms with Crippen LogP contribution in [0.15, 0.2) is 23.1 Å². The Morgan fingerprint density at radius 1 is 1.33 bits per heavy atom. The topological polar surface area (TPSA) is 78.1 Å². The monoisotopic (exact) mass is 306 g/mol. The molecular formula is C14H18N4O2S. The third-order valence-corrected chi connectivity index (χ3v) is 5.44. The van der Waals surface area contributed by atoms with Crippen LogP contribution in [0, 0.1) is 13.8 Å². The van der Waals surface area contributed by atoms with E-state index in [2.05, 4.69) is 19.8 Å². The number of fused-ring (bicyclic) bond motifs is 1. The van der Waals surface area contributed by atoms with Crippen molar-refractivity contribution in [3.8, 4) is 0 Å². The molecule has 112 valence electrons. The Morgan fingerprint density at radius 3 is 2.76 bits per heavy atom. The average Bonchev–Trinajstić information content (AvgIpc) is 2.93. The van der Waals surface area contributed by atoms with Gasteiger partial charge < -0.3 is 4.90 Å². The number of benzene rings is 1. The van der Waals surface area contributed by atoms with E-state index in [1.54, 1.807) is 19.9 Å². The minimum absolute atomic E-state index is 0.219. The van der Waals surface area contributed by atoms with Crippen LogP contribution in [0.25, 0.3) is 0 Å². The molecule has 0 aliphatic carbocycles. The van der Waals surface area contributed by atoms with Gasteiger partial charge in [-0.25, -0.2) is 8.42 Å². The number of sulfonamides is 1. The maximum Gasteiger partial charge on any atom is 0.265 e. The molecule has 3 rings (SSSR count). The summed E-state index contributed by atoms with van der Waals surface area (Å²) in [5.74, 6) is 0. The molecule has 0 atom stereocenters. The van der Waals surface area contributed by atoms with Crippen molar-refractivity contribution >= 4 is 21.4 Å². The first-order valence-corrected chi connectivity index (χ1v) is 8.25. The molecule has 1 aromatic carbocycles. The van der Waals surface area contributed by atoms with Crippen LogP contribution in [0.3, 0.4) is 0 Å². The van der Waals surface area contributed by atoms with Gasteiger partial charge >= 0.3 is 0 Å². The fraction of sp³-hybridized carbons (Fsp3) is 0.357. The number of nitrogens with zero attached hydrogens (tertiary/aromatic N) is 2. The van der Waals surface area contributed by atoms with Crippen molar-refractivity contribution in [1.82, 2.24) is 10.2 Å². The maximum absolute atomic E-state index is 12.5. The zero-order valence-corrected chi connectivity index (χ0v) is 13.1. The molecular weight excluding hydrogens is 288 g/mol. The molecule has 1 aromatic heterocycles. The number of H-pyrrole nitrogens is 1. The lowest BCUT2D eigenvalue weighted by Gasteiger charge is -2.14. The van der Waals surface area contributed by atoms with Gasteiger partial charge in [-0.15, -0.1) is 0 Å². The van der Waals surface area contributed by atoms with Gasteiger partial charge in [0.05, 0.1) is 17.1 Å². The van der Waals surface area contributed by atoms with Crippen LogP contribution >= 0.6 is 0 Å². The summed E-state index contributed by atoms with van der Waals surface area (Å²) in [6.45, 7) is 4.34. The number of hydrogen-bond acceptors (Lipinski definition) is 4. The SMILES string of the molecule is Cc1n[nH]c(C)c1S(=O)(=O)Nc1ccc2c(c1)N(C)CC2. The molecule has 6 nitrogen and oxygen atoms in total. The third-order valence-electron chi connectivity index (χ3n) is 3.79. The lowest BCUT2D eigenvalue weighted by molar-refractivity contribution is 0.600. The van der Waals surface area contributed by atoms with E-state index in [0.717, 1.165) is 18.7 Å². The molecule has 1 aliphatic heterocycles. The van der Waals surface area contributed by atoms with Crippen LogP contribution in [-0.2, 0) is 16.4 Å². The highest BCUT2D eigenvalue weighted by Gasteiger charge is 2.23. The predicted molar refractivity (Wildman–Crippen MR) is 82.3 cm³/mol. The van der Waals surface area contributed by atoms with Crippen molar-refractivity contribution in [2.45, 2.75) is 25.2 Å². The molecule has 2 heterocycles. The smallest absolute Gasteiger partial charge is 0.265 e. The Morgan fingerprint density at radius 2 is 2.10 bits per heavy atom. The Hall–Kier alpha value is -2.02. The maximum atomic E-state index is 12.5. The van der Waals surface area contributed by atoms with Gasteiger partial charge in [-0.1, -0.05) is 6.07 Å². The molecule has 21 heavy (non-hydrogen) atoms. The molecule has 0 fully saturated rings. The average molecular weight is 306 g/mol. The number of likely N-dealkylation sites (N-methyl/N-ethyl adjacent to an activating group) is 1. The zero-order chi connectivity index (χ0) is 15.2. The van der Waals surface area contributed by atoms with Gasteiger partial charge in [0.15, 0.2) is 0 Å². The van der Waals surface area contributed by atoms with E-state index in [0.29, 0.717) is 17.1 Å². The van der Waals surface area contributed by atoms with Crippen molar-refractivity contribution in [3.63, 3.8) is 0 Å². The second-order valence-corrected chi connectivity index (χ2v) is 7.00. The lowest BCUT2D eigenvalue weighted by Crippen LogP contribution is -2.15. The summed E-state index contributed by atoms with van der Waals surface area (Å²) >= 11 is 0. The first kappa shape index (κ1) is 13.9. The normalized spacial score (nSPS) is 14.3. The van der Waals surface area contributed by atoms with Crippen LogP contribution in [0.1, 0.15) is 17.0 Å². The van der Waals surface area contributed by atoms with Gasteiger partial charge in [0.1, 0.15) is 4.90 Å². The van der Waals surface area contributed by atoms with E-state index < -0.39 is 10.0 Å². The van der Waals surface area contributed by atoms with Crippen molar-refractivity contribution in [2.24, 2.45) is 0 Å². The first-order valence-electron chi connectivity index (χ1n) is 6.77. The van der Waals surface area contributed by atoms with Gasteiger partial charge in [0.25, 0.3) is 10.0 Å². The fourth-order valence-corrected chi connectivity index (χ4v) is 4.17. The number of nitrogens with one attached hydrogen (secondary N) is 2. The van der Waals surface area contributed by atoms with Gasteiger partial charge in [0, 0.05) is 19.3 Å². The number of aromatic nitrogens is 2. The molecule has 0 radical (unpaired) electrons. The highest BCUT2D eigenvalue weighted by molar-refractivity contribution is 7.92. The largest absolute Gasteiger partial charge is 0.374 e. The number of hydrogen-bond donors (Lipinski definition) is 2.